The van der Waals surface area contributed by atoms with E-state index >= 15 is 0 Å². The van der Waals surface area contributed by atoms with Crippen molar-refractivity contribution in [3.05, 3.63) is 34.9 Å². The first-order valence-electron chi connectivity index (χ1n) is 8.29. The second-order valence-electron chi connectivity index (χ2n) is 6.71. The highest BCUT2D eigenvalue weighted by atomic mass is 16.2. The Labute approximate surface area is 127 Å². The van der Waals surface area contributed by atoms with Crippen molar-refractivity contribution in [1.82, 2.24) is 4.90 Å². The number of carbonyl (C=O) groups excluding carboxylic acids is 1. The number of aryl methyl sites for hydroxylation is 2. The first-order chi connectivity index (χ1) is 10.1. The average Bonchev–Trinajstić information content (AvgIpc) is 2.47. The lowest BCUT2D eigenvalue weighted by atomic mass is 9.89. The predicted octanol–water partition coefficient (Wildman–Crippen LogP) is 2.45. The largest absolute Gasteiger partial charge is 0.340 e. The summed E-state index contributed by atoms with van der Waals surface area (Å²) in [6.07, 6.45) is 7.35. The maximum atomic E-state index is 12.5. The van der Waals surface area contributed by atoms with Crippen molar-refractivity contribution in [1.29, 1.82) is 0 Å². The number of hydrogen-bond acceptors (Lipinski definition) is 2. The van der Waals surface area contributed by atoms with E-state index in [0.29, 0.717) is 6.42 Å². The van der Waals surface area contributed by atoms with Gasteiger partial charge in [-0.25, -0.2) is 0 Å². The molecular formula is C18H26N2O. The molecule has 1 saturated heterocycles. The molecule has 2 aliphatic rings. The van der Waals surface area contributed by atoms with Gasteiger partial charge in [0.25, 0.3) is 0 Å². The van der Waals surface area contributed by atoms with Crippen molar-refractivity contribution in [3.8, 4) is 0 Å². The van der Waals surface area contributed by atoms with E-state index in [9.17, 15) is 4.79 Å². The number of piperidine rings is 1. The van der Waals surface area contributed by atoms with E-state index in [-0.39, 0.29) is 18.0 Å². The van der Waals surface area contributed by atoms with Crippen LogP contribution in [0.15, 0.2) is 18.2 Å². The average molecular weight is 286 g/mol. The van der Waals surface area contributed by atoms with Crippen molar-refractivity contribution >= 4 is 5.91 Å². The molecule has 0 saturated carbocycles. The van der Waals surface area contributed by atoms with Gasteiger partial charge in [0.2, 0.25) is 5.91 Å². The maximum Gasteiger partial charge on any atom is 0.227 e. The Kier molecular flexibility index (Phi) is 4.29. The quantitative estimate of drug-likeness (QED) is 0.907. The number of nitrogens with two attached hydrogens (primary N) is 1. The Hall–Kier alpha value is -1.35. The number of benzene rings is 1. The Morgan fingerprint density at radius 2 is 2.05 bits per heavy atom. The first-order valence-corrected chi connectivity index (χ1v) is 8.29. The lowest BCUT2D eigenvalue weighted by Gasteiger charge is -2.36. The maximum absolute atomic E-state index is 12.5. The van der Waals surface area contributed by atoms with Gasteiger partial charge in [-0.2, -0.15) is 0 Å². The van der Waals surface area contributed by atoms with Gasteiger partial charge in [0.1, 0.15) is 0 Å². The Balaban J connectivity index is 1.67. The zero-order chi connectivity index (χ0) is 14.8. The highest BCUT2D eigenvalue weighted by Crippen LogP contribution is 2.23. The van der Waals surface area contributed by atoms with Gasteiger partial charge in [-0.1, -0.05) is 18.2 Å². The van der Waals surface area contributed by atoms with E-state index in [1.807, 2.05) is 4.90 Å². The van der Waals surface area contributed by atoms with Crippen molar-refractivity contribution in [2.45, 2.75) is 64.0 Å². The van der Waals surface area contributed by atoms with Crippen LogP contribution in [0.25, 0.3) is 0 Å². The standard InChI is InChI=1S/C18H26N2O/c1-13-10-17(19)8-9-20(13)18(21)12-14-6-7-15-4-2-3-5-16(15)11-14/h6-7,11,13,17H,2-5,8-10,12,19H2,1H3. The molecule has 1 aliphatic carbocycles. The van der Waals surface area contributed by atoms with Gasteiger partial charge in [-0.15, -0.1) is 0 Å². The van der Waals surface area contributed by atoms with Crippen molar-refractivity contribution in [2.24, 2.45) is 5.73 Å². The summed E-state index contributed by atoms with van der Waals surface area (Å²) in [4.78, 5) is 14.6. The highest BCUT2D eigenvalue weighted by molar-refractivity contribution is 5.79. The Morgan fingerprint density at radius 3 is 2.81 bits per heavy atom. The number of fused-ring (bicyclic) bond motifs is 1. The normalized spacial score (nSPS) is 25.5. The molecule has 3 heteroatoms. The zero-order valence-corrected chi connectivity index (χ0v) is 13.0. The molecule has 2 unspecified atom stereocenters. The van der Waals surface area contributed by atoms with E-state index < -0.39 is 0 Å². The summed E-state index contributed by atoms with van der Waals surface area (Å²) in [5.74, 6) is 0.255. The number of carbonyl (C=O) groups is 1. The highest BCUT2D eigenvalue weighted by Gasteiger charge is 2.26. The number of likely N-dealkylation sites (tertiary alicyclic amines) is 1. The fourth-order valence-corrected chi connectivity index (χ4v) is 3.75. The third kappa shape index (κ3) is 3.29. The van der Waals surface area contributed by atoms with Crippen LogP contribution in [0, 0.1) is 0 Å². The van der Waals surface area contributed by atoms with E-state index in [1.165, 1.54) is 42.4 Å². The van der Waals surface area contributed by atoms with Gasteiger partial charge in [-0.3, -0.25) is 4.79 Å². The number of nitrogens with zero attached hydrogens (tertiary/aromatic N) is 1. The van der Waals surface area contributed by atoms with E-state index in [0.717, 1.165) is 19.4 Å². The van der Waals surface area contributed by atoms with Gasteiger partial charge in [0.15, 0.2) is 0 Å². The molecule has 1 amide bonds. The van der Waals surface area contributed by atoms with Crippen LogP contribution in [0.1, 0.15) is 49.3 Å². The Bertz CT molecular complexity index is 526. The minimum Gasteiger partial charge on any atom is -0.340 e. The van der Waals surface area contributed by atoms with Gasteiger partial charge in [0, 0.05) is 18.6 Å². The molecule has 1 aromatic rings. The van der Waals surface area contributed by atoms with Crippen molar-refractivity contribution < 1.29 is 4.79 Å². The molecule has 21 heavy (non-hydrogen) atoms. The molecule has 0 radical (unpaired) electrons. The molecule has 2 N–H and O–H groups in total. The van der Waals surface area contributed by atoms with Gasteiger partial charge >= 0.3 is 0 Å². The van der Waals surface area contributed by atoms with Crippen LogP contribution in [0.4, 0.5) is 0 Å². The molecule has 1 fully saturated rings. The monoisotopic (exact) mass is 286 g/mol. The molecule has 1 aromatic carbocycles. The lowest BCUT2D eigenvalue weighted by Crippen LogP contribution is -2.48. The summed E-state index contributed by atoms with van der Waals surface area (Å²) in [6.45, 7) is 2.93. The summed E-state index contributed by atoms with van der Waals surface area (Å²) >= 11 is 0. The summed E-state index contributed by atoms with van der Waals surface area (Å²) < 4.78 is 0. The van der Waals surface area contributed by atoms with Crippen molar-refractivity contribution in [3.63, 3.8) is 0 Å². The molecule has 2 atom stereocenters. The third-order valence-corrected chi connectivity index (χ3v) is 5.01. The third-order valence-electron chi connectivity index (χ3n) is 5.01. The van der Waals surface area contributed by atoms with Crippen LogP contribution in [-0.4, -0.2) is 29.4 Å². The zero-order valence-electron chi connectivity index (χ0n) is 13.0. The van der Waals surface area contributed by atoms with Crippen LogP contribution < -0.4 is 5.73 Å². The van der Waals surface area contributed by atoms with E-state index in [1.54, 1.807) is 0 Å². The minimum absolute atomic E-state index is 0.255. The molecule has 114 valence electrons. The summed E-state index contributed by atoms with van der Waals surface area (Å²) in [5, 5.41) is 0. The fourth-order valence-electron chi connectivity index (χ4n) is 3.75. The van der Waals surface area contributed by atoms with E-state index in [4.69, 9.17) is 5.73 Å². The summed E-state index contributed by atoms with van der Waals surface area (Å²) in [6, 6.07) is 7.16. The summed E-state index contributed by atoms with van der Waals surface area (Å²) in [5.41, 5.74) is 10.1. The molecule has 1 aliphatic heterocycles. The number of rotatable bonds is 2. The van der Waals surface area contributed by atoms with Gasteiger partial charge < -0.3 is 10.6 Å². The lowest BCUT2D eigenvalue weighted by molar-refractivity contribution is -0.133. The smallest absolute Gasteiger partial charge is 0.227 e. The molecule has 1 heterocycles. The predicted molar refractivity (Wildman–Crippen MR) is 85.2 cm³/mol. The number of hydrogen-bond donors (Lipinski definition) is 1. The van der Waals surface area contributed by atoms with Crippen LogP contribution >= 0.6 is 0 Å². The van der Waals surface area contributed by atoms with Gasteiger partial charge in [-0.05, 0) is 62.1 Å². The van der Waals surface area contributed by atoms with Crippen LogP contribution in [-0.2, 0) is 24.1 Å². The first kappa shape index (κ1) is 14.6. The molecular weight excluding hydrogens is 260 g/mol. The van der Waals surface area contributed by atoms with Crippen molar-refractivity contribution in [2.75, 3.05) is 6.54 Å². The van der Waals surface area contributed by atoms with Gasteiger partial charge in [0.05, 0.1) is 6.42 Å². The van der Waals surface area contributed by atoms with Crippen LogP contribution in [0.3, 0.4) is 0 Å². The molecule has 0 bridgehead atoms. The second kappa shape index (κ2) is 6.18. The van der Waals surface area contributed by atoms with Crippen LogP contribution in [0.5, 0.6) is 0 Å². The molecule has 3 rings (SSSR count). The second-order valence-corrected chi connectivity index (χ2v) is 6.71. The molecule has 3 nitrogen and oxygen atoms in total. The Morgan fingerprint density at radius 1 is 1.29 bits per heavy atom. The van der Waals surface area contributed by atoms with Crippen LogP contribution in [0.2, 0.25) is 0 Å². The SMILES string of the molecule is CC1CC(N)CCN1C(=O)Cc1ccc2c(c1)CCCC2. The minimum atomic E-state index is 0.255. The summed E-state index contributed by atoms with van der Waals surface area (Å²) in [7, 11) is 0. The molecule has 0 aromatic heterocycles. The topological polar surface area (TPSA) is 46.3 Å². The van der Waals surface area contributed by atoms with E-state index in [2.05, 4.69) is 25.1 Å². The number of amides is 1. The fraction of sp³-hybridized carbons (Fsp3) is 0.611. The molecule has 0 spiro atoms.